The molecule has 1 aliphatic rings. The van der Waals surface area contributed by atoms with E-state index in [0.29, 0.717) is 11.6 Å². The van der Waals surface area contributed by atoms with E-state index in [4.69, 9.17) is 0 Å². The molecule has 7 heteroatoms. The maximum atomic E-state index is 12.1. The van der Waals surface area contributed by atoms with Crippen LogP contribution in [-0.4, -0.2) is 42.8 Å². The van der Waals surface area contributed by atoms with E-state index in [9.17, 15) is 14.4 Å². The number of aryl methyl sites for hydroxylation is 1. The minimum atomic E-state index is -0.292. The number of carbonyl (C=O) groups is 3. The molecule has 0 aliphatic heterocycles. The van der Waals surface area contributed by atoms with Crippen molar-refractivity contribution in [1.82, 2.24) is 10.2 Å². The van der Waals surface area contributed by atoms with Crippen molar-refractivity contribution < 1.29 is 14.4 Å². The molecule has 0 heterocycles. The third-order valence-corrected chi connectivity index (χ3v) is 4.62. The zero-order valence-corrected chi connectivity index (χ0v) is 15.6. The highest BCUT2D eigenvalue weighted by molar-refractivity contribution is 9.10. The van der Waals surface area contributed by atoms with E-state index in [1.54, 1.807) is 13.1 Å². The number of carbonyl (C=O) groups excluding carboxylic acids is 3. The van der Waals surface area contributed by atoms with Crippen molar-refractivity contribution >= 4 is 39.3 Å². The summed E-state index contributed by atoms with van der Waals surface area (Å²) in [6, 6.07) is 5.54. The van der Waals surface area contributed by atoms with Crippen LogP contribution in [0.4, 0.5) is 5.69 Å². The second-order valence-corrected chi connectivity index (χ2v) is 7.21. The highest BCUT2D eigenvalue weighted by atomic mass is 79.9. The van der Waals surface area contributed by atoms with Crippen LogP contribution in [-0.2, 0) is 14.4 Å². The second-order valence-electron chi connectivity index (χ2n) is 6.29. The fourth-order valence-corrected chi connectivity index (χ4v) is 2.85. The van der Waals surface area contributed by atoms with Gasteiger partial charge >= 0.3 is 0 Å². The zero-order valence-electron chi connectivity index (χ0n) is 14.1. The predicted molar refractivity (Wildman–Crippen MR) is 95.4 cm³/mol. The summed E-state index contributed by atoms with van der Waals surface area (Å²) in [5, 5.41) is 5.41. The van der Waals surface area contributed by atoms with Crippen molar-refractivity contribution in [2.45, 2.75) is 20.3 Å². The van der Waals surface area contributed by atoms with Crippen molar-refractivity contribution in [3.63, 3.8) is 0 Å². The maximum Gasteiger partial charge on any atom is 0.243 e. The predicted octanol–water partition coefficient (Wildman–Crippen LogP) is 1.93. The molecule has 0 bridgehead atoms. The summed E-state index contributed by atoms with van der Waals surface area (Å²) >= 11 is 3.37. The lowest BCUT2D eigenvalue weighted by Crippen LogP contribution is -2.42. The topological polar surface area (TPSA) is 78.5 Å². The number of benzene rings is 1. The SMILES string of the molecule is Cc1cc(Br)ccc1NC(=O)CN(C)C(=O)CNC(=O)[C@H]1C[C@H]1C. The van der Waals surface area contributed by atoms with E-state index in [1.165, 1.54) is 4.90 Å². The van der Waals surface area contributed by atoms with Crippen molar-refractivity contribution in [3.05, 3.63) is 28.2 Å². The number of hydrogen-bond donors (Lipinski definition) is 2. The number of likely N-dealkylation sites (N-methyl/N-ethyl adjacent to an activating group) is 1. The van der Waals surface area contributed by atoms with Crippen molar-refractivity contribution in [2.24, 2.45) is 11.8 Å². The standard InChI is InChI=1S/C17H22BrN3O3/c1-10-7-13(10)17(24)19-8-16(23)21(3)9-15(22)20-14-5-4-12(18)6-11(14)2/h4-6,10,13H,7-9H2,1-3H3,(H,19,24)(H,20,22)/t10-,13+/m1/s1. The fraction of sp³-hybridized carbons (Fsp3) is 0.471. The molecular weight excluding hydrogens is 374 g/mol. The Bertz CT molecular complexity index is 662. The Morgan fingerprint density at radius 2 is 2.00 bits per heavy atom. The van der Waals surface area contributed by atoms with Gasteiger partial charge in [0.05, 0.1) is 13.1 Å². The minimum absolute atomic E-state index is 0.0341. The summed E-state index contributed by atoms with van der Waals surface area (Å²) < 4.78 is 0.936. The molecule has 1 saturated carbocycles. The number of rotatable bonds is 6. The van der Waals surface area contributed by atoms with Gasteiger partial charge < -0.3 is 15.5 Å². The van der Waals surface area contributed by atoms with Crippen LogP contribution >= 0.6 is 15.9 Å². The summed E-state index contributed by atoms with van der Waals surface area (Å²) in [6.45, 7) is 3.75. The van der Waals surface area contributed by atoms with E-state index in [2.05, 4.69) is 26.6 Å². The summed E-state index contributed by atoms with van der Waals surface area (Å²) in [5.74, 6) is -0.221. The average molecular weight is 396 g/mol. The number of nitrogens with one attached hydrogen (secondary N) is 2. The van der Waals surface area contributed by atoms with Crippen LogP contribution in [0.3, 0.4) is 0 Å². The number of hydrogen-bond acceptors (Lipinski definition) is 3. The average Bonchev–Trinajstić information content (AvgIpc) is 3.24. The first-order valence-corrected chi connectivity index (χ1v) is 8.65. The Balaban J connectivity index is 1.77. The van der Waals surface area contributed by atoms with E-state index in [1.807, 2.05) is 26.0 Å². The minimum Gasteiger partial charge on any atom is -0.347 e. The maximum absolute atomic E-state index is 12.1. The molecule has 1 fully saturated rings. The Kier molecular flexibility index (Phi) is 5.99. The summed E-state index contributed by atoms with van der Waals surface area (Å²) in [4.78, 5) is 37.1. The van der Waals surface area contributed by atoms with E-state index < -0.39 is 0 Å². The molecule has 0 spiro atoms. The van der Waals surface area contributed by atoms with Crippen LogP contribution in [0.2, 0.25) is 0 Å². The van der Waals surface area contributed by atoms with Gasteiger partial charge in [0.2, 0.25) is 17.7 Å². The van der Waals surface area contributed by atoms with E-state index in [0.717, 1.165) is 16.5 Å². The number of anilines is 1. The van der Waals surface area contributed by atoms with E-state index >= 15 is 0 Å². The van der Waals surface area contributed by atoms with E-state index in [-0.39, 0.29) is 36.7 Å². The van der Waals surface area contributed by atoms with Crippen LogP contribution in [0.1, 0.15) is 18.9 Å². The van der Waals surface area contributed by atoms with Crippen molar-refractivity contribution in [3.8, 4) is 0 Å². The molecule has 6 nitrogen and oxygen atoms in total. The second kappa shape index (κ2) is 7.79. The quantitative estimate of drug-likeness (QED) is 0.772. The normalized spacial score (nSPS) is 18.7. The van der Waals surface area contributed by atoms with Gasteiger partial charge in [-0.15, -0.1) is 0 Å². The largest absolute Gasteiger partial charge is 0.347 e. The highest BCUT2D eigenvalue weighted by Gasteiger charge is 2.39. The van der Waals surface area contributed by atoms with Gasteiger partial charge in [0.15, 0.2) is 0 Å². The van der Waals surface area contributed by atoms with Crippen LogP contribution < -0.4 is 10.6 Å². The molecule has 1 aliphatic carbocycles. The molecule has 2 atom stereocenters. The van der Waals surface area contributed by atoms with Crippen LogP contribution in [0, 0.1) is 18.8 Å². The van der Waals surface area contributed by atoms with Crippen LogP contribution in [0.25, 0.3) is 0 Å². The van der Waals surface area contributed by atoms with Crippen molar-refractivity contribution in [1.29, 1.82) is 0 Å². The molecule has 3 amide bonds. The van der Waals surface area contributed by atoms with Gasteiger partial charge in [0, 0.05) is 23.1 Å². The zero-order chi connectivity index (χ0) is 17.9. The Hall–Kier alpha value is -1.89. The summed E-state index contributed by atoms with van der Waals surface area (Å²) in [5.41, 5.74) is 1.64. The molecule has 1 aromatic rings. The number of amides is 3. The van der Waals surface area contributed by atoms with Crippen molar-refractivity contribution in [2.75, 3.05) is 25.5 Å². The smallest absolute Gasteiger partial charge is 0.243 e. The van der Waals surface area contributed by atoms with Gasteiger partial charge in [0.25, 0.3) is 0 Å². The van der Waals surface area contributed by atoms with Crippen LogP contribution in [0.5, 0.6) is 0 Å². The van der Waals surface area contributed by atoms with Gasteiger partial charge in [-0.1, -0.05) is 22.9 Å². The molecule has 130 valence electrons. The molecule has 24 heavy (non-hydrogen) atoms. The first-order valence-electron chi connectivity index (χ1n) is 7.85. The molecule has 1 aromatic carbocycles. The lowest BCUT2D eigenvalue weighted by molar-refractivity contribution is -0.134. The molecule has 2 N–H and O–H groups in total. The van der Waals surface area contributed by atoms with Gasteiger partial charge in [-0.2, -0.15) is 0 Å². The molecule has 0 unspecified atom stereocenters. The van der Waals surface area contributed by atoms with Gasteiger partial charge in [0.1, 0.15) is 0 Å². The number of halogens is 1. The third-order valence-electron chi connectivity index (χ3n) is 4.13. The molecular formula is C17H22BrN3O3. The lowest BCUT2D eigenvalue weighted by Gasteiger charge is -2.17. The summed E-state index contributed by atoms with van der Waals surface area (Å²) in [6.07, 6.45) is 0.880. The Morgan fingerprint density at radius 3 is 2.58 bits per heavy atom. The third kappa shape index (κ3) is 5.06. The monoisotopic (exact) mass is 395 g/mol. The first-order chi connectivity index (χ1) is 11.3. The Morgan fingerprint density at radius 1 is 1.33 bits per heavy atom. The van der Waals surface area contributed by atoms with Crippen LogP contribution in [0.15, 0.2) is 22.7 Å². The molecule has 0 aromatic heterocycles. The highest BCUT2D eigenvalue weighted by Crippen LogP contribution is 2.37. The number of nitrogens with zero attached hydrogens (tertiary/aromatic N) is 1. The van der Waals surface area contributed by atoms with Gasteiger partial charge in [-0.05, 0) is 43.0 Å². The molecule has 0 saturated heterocycles. The lowest BCUT2D eigenvalue weighted by atomic mass is 10.2. The van der Waals surface area contributed by atoms with Gasteiger partial charge in [-0.25, -0.2) is 0 Å². The fourth-order valence-electron chi connectivity index (χ4n) is 2.38. The molecule has 0 radical (unpaired) electrons. The molecule has 2 rings (SSSR count). The van der Waals surface area contributed by atoms with Gasteiger partial charge in [-0.3, -0.25) is 14.4 Å². The first kappa shape index (κ1) is 18.4. The summed E-state index contributed by atoms with van der Waals surface area (Å²) in [7, 11) is 1.54. The Labute approximate surface area is 150 Å².